The molecular formula is C13H20N4. The van der Waals surface area contributed by atoms with E-state index in [1.54, 1.807) is 6.33 Å². The number of rotatable bonds is 2. The van der Waals surface area contributed by atoms with E-state index in [0.717, 1.165) is 23.5 Å². The van der Waals surface area contributed by atoms with Gasteiger partial charge in [-0.2, -0.15) is 0 Å². The van der Waals surface area contributed by atoms with Crippen LogP contribution in [-0.4, -0.2) is 37.2 Å². The summed E-state index contributed by atoms with van der Waals surface area (Å²) in [4.78, 5) is 13.2. The third-order valence-corrected chi connectivity index (χ3v) is 4.15. The summed E-state index contributed by atoms with van der Waals surface area (Å²) in [6, 6.07) is 2.10. The van der Waals surface area contributed by atoms with Gasteiger partial charge in [-0.1, -0.05) is 6.42 Å². The summed E-state index contributed by atoms with van der Waals surface area (Å²) < 4.78 is 0. The second-order valence-corrected chi connectivity index (χ2v) is 5.48. The van der Waals surface area contributed by atoms with E-state index in [1.807, 2.05) is 19.0 Å². The first-order valence-electron chi connectivity index (χ1n) is 6.48. The van der Waals surface area contributed by atoms with Gasteiger partial charge in [-0.25, -0.2) is 9.97 Å². The van der Waals surface area contributed by atoms with E-state index in [0.29, 0.717) is 0 Å². The Hall–Kier alpha value is -1.32. The summed E-state index contributed by atoms with van der Waals surface area (Å²) in [6.45, 7) is 2.38. The van der Waals surface area contributed by atoms with Crippen LogP contribution in [0.1, 0.15) is 19.3 Å². The Morgan fingerprint density at radius 3 is 2.53 bits per heavy atom. The zero-order valence-electron chi connectivity index (χ0n) is 10.6. The molecule has 0 N–H and O–H groups in total. The Balaban J connectivity index is 1.78. The fourth-order valence-corrected chi connectivity index (χ4v) is 3.18. The Bertz CT molecular complexity index is 392. The number of nitrogens with zero attached hydrogens (tertiary/aromatic N) is 4. The molecule has 1 aromatic heterocycles. The fourth-order valence-electron chi connectivity index (χ4n) is 3.18. The molecule has 1 aromatic rings. The van der Waals surface area contributed by atoms with Gasteiger partial charge in [-0.15, -0.1) is 0 Å². The summed E-state index contributed by atoms with van der Waals surface area (Å²) in [5.74, 6) is 3.91. The van der Waals surface area contributed by atoms with Crippen LogP contribution in [0.2, 0.25) is 0 Å². The molecule has 1 saturated carbocycles. The van der Waals surface area contributed by atoms with Crippen molar-refractivity contribution in [1.29, 1.82) is 0 Å². The van der Waals surface area contributed by atoms with Crippen LogP contribution < -0.4 is 9.80 Å². The molecule has 1 aliphatic carbocycles. The number of hydrogen-bond acceptors (Lipinski definition) is 4. The highest BCUT2D eigenvalue weighted by atomic mass is 15.2. The van der Waals surface area contributed by atoms with Gasteiger partial charge in [0.1, 0.15) is 18.0 Å². The maximum Gasteiger partial charge on any atom is 0.134 e. The van der Waals surface area contributed by atoms with Crippen molar-refractivity contribution in [2.45, 2.75) is 19.3 Å². The molecule has 0 aromatic carbocycles. The van der Waals surface area contributed by atoms with Gasteiger partial charge in [0.2, 0.25) is 0 Å². The predicted molar refractivity (Wildman–Crippen MR) is 69.4 cm³/mol. The molecule has 2 aliphatic rings. The monoisotopic (exact) mass is 232 g/mol. The van der Waals surface area contributed by atoms with Crippen molar-refractivity contribution >= 4 is 11.6 Å². The number of aromatic nitrogens is 2. The molecule has 92 valence electrons. The van der Waals surface area contributed by atoms with E-state index < -0.39 is 0 Å². The number of anilines is 2. The molecule has 2 fully saturated rings. The molecule has 3 rings (SSSR count). The summed E-state index contributed by atoms with van der Waals surface area (Å²) in [6.07, 6.45) is 5.92. The highest BCUT2D eigenvalue weighted by molar-refractivity contribution is 5.50. The van der Waals surface area contributed by atoms with Crippen molar-refractivity contribution in [3.05, 3.63) is 12.4 Å². The maximum absolute atomic E-state index is 4.42. The third-order valence-electron chi connectivity index (χ3n) is 4.15. The van der Waals surface area contributed by atoms with Crippen LogP contribution in [-0.2, 0) is 0 Å². The first-order chi connectivity index (χ1) is 8.24. The first-order valence-corrected chi connectivity index (χ1v) is 6.48. The number of hydrogen-bond donors (Lipinski definition) is 0. The van der Waals surface area contributed by atoms with Gasteiger partial charge in [-0.3, -0.25) is 0 Å². The molecule has 2 unspecified atom stereocenters. The molecule has 0 amide bonds. The third kappa shape index (κ3) is 1.96. The van der Waals surface area contributed by atoms with E-state index in [4.69, 9.17) is 0 Å². The van der Waals surface area contributed by atoms with Gasteiger partial charge >= 0.3 is 0 Å². The van der Waals surface area contributed by atoms with Gasteiger partial charge in [0.05, 0.1) is 0 Å². The SMILES string of the molecule is CN(C)c1cc(N2CC3CCCC3C2)ncn1. The summed E-state index contributed by atoms with van der Waals surface area (Å²) >= 11 is 0. The van der Waals surface area contributed by atoms with Gasteiger partial charge in [0.25, 0.3) is 0 Å². The smallest absolute Gasteiger partial charge is 0.134 e. The molecule has 4 nitrogen and oxygen atoms in total. The largest absolute Gasteiger partial charge is 0.363 e. The van der Waals surface area contributed by atoms with Crippen LogP contribution in [0.4, 0.5) is 11.6 Å². The lowest BCUT2D eigenvalue weighted by Crippen LogP contribution is -2.22. The minimum atomic E-state index is 0.910. The van der Waals surface area contributed by atoms with Crippen LogP contribution in [0.15, 0.2) is 12.4 Å². The Kier molecular flexibility index (Phi) is 2.65. The van der Waals surface area contributed by atoms with Crippen molar-refractivity contribution < 1.29 is 0 Å². The molecule has 4 heteroatoms. The van der Waals surface area contributed by atoms with Crippen LogP contribution in [0.25, 0.3) is 0 Å². The quantitative estimate of drug-likeness (QED) is 0.778. The minimum absolute atomic E-state index is 0.910. The van der Waals surface area contributed by atoms with Crippen molar-refractivity contribution in [2.75, 3.05) is 37.0 Å². The van der Waals surface area contributed by atoms with Crippen LogP contribution in [0.5, 0.6) is 0 Å². The van der Waals surface area contributed by atoms with Crippen molar-refractivity contribution in [3.8, 4) is 0 Å². The standard InChI is InChI=1S/C13H20N4/c1-16(2)12-6-13(15-9-14-12)17-7-10-4-3-5-11(10)8-17/h6,9-11H,3-5,7-8H2,1-2H3. The van der Waals surface area contributed by atoms with E-state index in [9.17, 15) is 0 Å². The summed E-state index contributed by atoms with van der Waals surface area (Å²) in [5, 5.41) is 0. The predicted octanol–water partition coefficient (Wildman–Crippen LogP) is 1.78. The zero-order chi connectivity index (χ0) is 11.8. The Labute approximate surface area is 103 Å². The van der Waals surface area contributed by atoms with Crippen LogP contribution >= 0.6 is 0 Å². The second kappa shape index (κ2) is 4.17. The summed E-state index contributed by atoms with van der Waals surface area (Å²) in [7, 11) is 4.04. The number of fused-ring (bicyclic) bond motifs is 1. The lowest BCUT2D eigenvalue weighted by molar-refractivity contribution is 0.494. The average molecular weight is 232 g/mol. The van der Waals surface area contributed by atoms with Gasteiger partial charge in [-0.05, 0) is 24.7 Å². The van der Waals surface area contributed by atoms with E-state index in [-0.39, 0.29) is 0 Å². The molecule has 0 bridgehead atoms. The van der Waals surface area contributed by atoms with Gasteiger partial charge in [0.15, 0.2) is 0 Å². The lowest BCUT2D eigenvalue weighted by Gasteiger charge is -2.20. The molecule has 0 spiro atoms. The zero-order valence-corrected chi connectivity index (χ0v) is 10.6. The molecule has 2 heterocycles. The van der Waals surface area contributed by atoms with Crippen molar-refractivity contribution in [1.82, 2.24) is 9.97 Å². The molecule has 0 radical (unpaired) electrons. The van der Waals surface area contributed by atoms with E-state index in [1.165, 1.54) is 32.4 Å². The minimum Gasteiger partial charge on any atom is -0.363 e. The topological polar surface area (TPSA) is 32.3 Å². The van der Waals surface area contributed by atoms with Gasteiger partial charge in [0, 0.05) is 33.3 Å². The first kappa shape index (κ1) is 10.8. The van der Waals surface area contributed by atoms with Crippen molar-refractivity contribution in [3.63, 3.8) is 0 Å². The molecule has 1 saturated heterocycles. The Morgan fingerprint density at radius 1 is 1.18 bits per heavy atom. The normalized spacial score (nSPS) is 27.3. The van der Waals surface area contributed by atoms with Crippen LogP contribution in [0.3, 0.4) is 0 Å². The van der Waals surface area contributed by atoms with E-state index >= 15 is 0 Å². The molecule has 1 aliphatic heterocycles. The summed E-state index contributed by atoms with van der Waals surface area (Å²) in [5.41, 5.74) is 0. The average Bonchev–Trinajstić information content (AvgIpc) is 2.89. The molecule has 2 atom stereocenters. The fraction of sp³-hybridized carbons (Fsp3) is 0.692. The highest BCUT2D eigenvalue weighted by Gasteiger charge is 2.36. The highest BCUT2D eigenvalue weighted by Crippen LogP contribution is 2.39. The van der Waals surface area contributed by atoms with Crippen LogP contribution in [0, 0.1) is 11.8 Å². The maximum atomic E-state index is 4.42. The van der Waals surface area contributed by atoms with Crippen molar-refractivity contribution in [2.24, 2.45) is 11.8 Å². The van der Waals surface area contributed by atoms with E-state index in [2.05, 4.69) is 20.9 Å². The lowest BCUT2D eigenvalue weighted by atomic mass is 10.0. The second-order valence-electron chi connectivity index (χ2n) is 5.48. The molecular weight excluding hydrogens is 212 g/mol. The Morgan fingerprint density at radius 2 is 1.88 bits per heavy atom. The van der Waals surface area contributed by atoms with Gasteiger partial charge < -0.3 is 9.80 Å². The molecule has 17 heavy (non-hydrogen) atoms.